The maximum atomic E-state index is 8.95. The van der Waals surface area contributed by atoms with Crippen molar-refractivity contribution in [1.82, 2.24) is 0 Å². The van der Waals surface area contributed by atoms with Crippen molar-refractivity contribution in [3.8, 4) is 0 Å². The van der Waals surface area contributed by atoms with E-state index in [0.29, 0.717) is 0 Å². The fourth-order valence-electron chi connectivity index (χ4n) is 0. The van der Waals surface area contributed by atoms with E-state index in [9.17, 15) is 0 Å². The summed E-state index contributed by atoms with van der Waals surface area (Å²) in [4.78, 5) is 8.95. The van der Waals surface area contributed by atoms with Crippen molar-refractivity contribution in [1.29, 1.82) is 0 Å². The predicted molar refractivity (Wildman–Crippen MR) is 8.02 cm³/mol. The summed E-state index contributed by atoms with van der Waals surface area (Å²) in [5.74, 6) is 0. The van der Waals surface area contributed by atoms with Crippen LogP contribution in [0.4, 0.5) is 4.79 Å². The van der Waals surface area contributed by atoms with Gasteiger partial charge in [0, 0.05) is 0 Å². The first-order valence-corrected chi connectivity index (χ1v) is 1.41. The quantitative estimate of drug-likeness (QED) is 0.498. The molecule has 0 aromatic rings. The van der Waals surface area contributed by atoms with Gasteiger partial charge in [-0.05, 0) is 0 Å². The van der Waals surface area contributed by atoms with E-state index in [1.807, 2.05) is 0 Å². The van der Waals surface area contributed by atoms with Gasteiger partial charge >= 0.3 is 32.8 Å². The molecule has 4 heavy (non-hydrogen) atoms. The van der Waals surface area contributed by atoms with Gasteiger partial charge in [-0.15, -0.1) is 0 Å². The van der Waals surface area contributed by atoms with Crippen molar-refractivity contribution in [2.75, 3.05) is 0 Å². The van der Waals surface area contributed by atoms with Gasteiger partial charge in [0.25, 0.3) is 0 Å². The van der Waals surface area contributed by atoms with E-state index in [1.165, 1.54) is 0 Å². The van der Waals surface area contributed by atoms with Crippen LogP contribution in [0, 0.1) is 0 Å². The van der Waals surface area contributed by atoms with E-state index in [-0.39, 0.29) is 0 Å². The second kappa shape index (κ2) is 1.42. The molecule has 0 bridgehead atoms. The average molecular weight is 148 g/mol. The van der Waals surface area contributed by atoms with Crippen LogP contribution in [0.2, 0.25) is 0 Å². The summed E-state index contributed by atoms with van der Waals surface area (Å²) >= 11 is 1.73. The molecule has 0 fully saturated rings. The molecule has 0 aromatic heterocycles. The number of hydrogen-bond acceptors (Lipinski definition) is 1. The van der Waals surface area contributed by atoms with Crippen LogP contribution in [0.15, 0.2) is 0 Å². The summed E-state index contributed by atoms with van der Waals surface area (Å²) in [5.41, 5.74) is 0. The fourth-order valence-corrected chi connectivity index (χ4v) is 0. The SMILES string of the molecule is O=[C](O)[Rh]. The van der Waals surface area contributed by atoms with Gasteiger partial charge in [0.1, 0.15) is 0 Å². The molecule has 0 unspecified atom stereocenters. The summed E-state index contributed by atoms with van der Waals surface area (Å²) in [5, 5.41) is 7.37. The Labute approximate surface area is 33.5 Å². The van der Waals surface area contributed by atoms with Gasteiger partial charge in [0.15, 0.2) is 0 Å². The molecule has 0 saturated carbocycles. The van der Waals surface area contributed by atoms with Crippen LogP contribution in [0.1, 0.15) is 0 Å². The molecule has 3 heteroatoms. The molecule has 0 saturated heterocycles. The predicted octanol–water partition coefficient (Wildman–Crippen LogP) is 0.211. The zero-order chi connectivity index (χ0) is 3.58. The average Bonchev–Trinajstić information content (AvgIpc) is 0.811. The van der Waals surface area contributed by atoms with E-state index < -0.39 is 4.56 Å². The first kappa shape index (κ1) is 4.09. The Balaban J connectivity index is 2.80. The molecule has 2 nitrogen and oxygen atoms in total. The van der Waals surface area contributed by atoms with E-state index >= 15 is 0 Å². The summed E-state index contributed by atoms with van der Waals surface area (Å²) in [7, 11) is 0. The number of rotatable bonds is 0. The van der Waals surface area contributed by atoms with Gasteiger partial charge in [0.2, 0.25) is 0 Å². The van der Waals surface area contributed by atoms with E-state index in [1.54, 1.807) is 18.3 Å². The molecule has 0 aromatic carbocycles. The molecule has 0 aliphatic rings. The summed E-state index contributed by atoms with van der Waals surface area (Å²) in [6.45, 7) is 0. The second-order valence-corrected chi connectivity index (χ2v) is 0.935. The molecule has 0 rings (SSSR count). The number of carbonyl (C=O) groups is 1. The van der Waals surface area contributed by atoms with Crippen LogP contribution in [0.3, 0.4) is 0 Å². The van der Waals surface area contributed by atoms with Crippen LogP contribution in [-0.4, -0.2) is 9.67 Å². The molecule has 0 spiro atoms. The van der Waals surface area contributed by atoms with Crippen molar-refractivity contribution in [2.24, 2.45) is 0 Å². The zero-order valence-electron chi connectivity index (χ0n) is 1.69. The maximum absolute atomic E-state index is 8.95. The third kappa shape index (κ3) is 287. The van der Waals surface area contributed by atoms with Gasteiger partial charge in [-0.1, -0.05) is 0 Å². The minimum atomic E-state index is -0.943. The van der Waals surface area contributed by atoms with Crippen molar-refractivity contribution in [3.63, 3.8) is 0 Å². The third-order valence-electron chi connectivity index (χ3n) is 0. The molecule has 0 amide bonds. The van der Waals surface area contributed by atoms with Gasteiger partial charge in [-0.25, -0.2) is 0 Å². The summed E-state index contributed by atoms with van der Waals surface area (Å²) < 4.78 is -0.943. The van der Waals surface area contributed by atoms with Crippen LogP contribution in [-0.2, 0) is 18.3 Å². The van der Waals surface area contributed by atoms with Crippen LogP contribution in [0.5, 0.6) is 0 Å². The number of hydrogen-bond donors (Lipinski definition) is 1. The first-order valence-electron chi connectivity index (χ1n) is 0.594. The van der Waals surface area contributed by atoms with Crippen molar-refractivity contribution in [2.45, 2.75) is 0 Å². The topological polar surface area (TPSA) is 37.3 Å². The molecule has 1 N–H and O–H groups in total. The third-order valence-corrected chi connectivity index (χ3v) is 0. The van der Waals surface area contributed by atoms with Crippen LogP contribution in [0.25, 0.3) is 0 Å². The standard InChI is InChI=1S/CHO2.Rh/c2-1-3;/h(H,2,3);. The second-order valence-electron chi connectivity index (χ2n) is 0.234. The van der Waals surface area contributed by atoms with E-state index in [2.05, 4.69) is 0 Å². The van der Waals surface area contributed by atoms with Crippen molar-refractivity contribution in [3.05, 3.63) is 0 Å². The monoisotopic (exact) mass is 148 g/mol. The number of carboxylic acid groups (broad SMARTS) is 1. The van der Waals surface area contributed by atoms with Crippen LogP contribution >= 0.6 is 0 Å². The van der Waals surface area contributed by atoms with Gasteiger partial charge < -0.3 is 0 Å². The van der Waals surface area contributed by atoms with Gasteiger partial charge in [-0.2, -0.15) is 0 Å². The Bertz CT molecular complexity index is 29.0. The van der Waals surface area contributed by atoms with Gasteiger partial charge in [-0.3, -0.25) is 0 Å². The molecule has 26 valence electrons. The first-order chi connectivity index (χ1) is 1.73. The molecule has 0 heterocycles. The Morgan fingerprint density at radius 1 is 2.00 bits per heavy atom. The summed E-state index contributed by atoms with van der Waals surface area (Å²) in [6.07, 6.45) is 0. The van der Waals surface area contributed by atoms with Crippen LogP contribution < -0.4 is 0 Å². The van der Waals surface area contributed by atoms with E-state index in [0.717, 1.165) is 0 Å². The molecule has 0 atom stereocenters. The Morgan fingerprint density at radius 2 is 2.00 bits per heavy atom. The summed E-state index contributed by atoms with van der Waals surface area (Å²) in [6, 6.07) is 0. The Hall–Kier alpha value is 0.0934. The van der Waals surface area contributed by atoms with Gasteiger partial charge in [0.05, 0.1) is 0 Å². The van der Waals surface area contributed by atoms with Crippen molar-refractivity contribution >= 4 is 4.56 Å². The molecule has 0 aliphatic heterocycles. The normalized spacial score (nSPS) is 6.50. The Morgan fingerprint density at radius 3 is 2.00 bits per heavy atom. The molecule has 0 aliphatic carbocycles. The molecular weight excluding hydrogens is 147 g/mol. The van der Waals surface area contributed by atoms with Crippen molar-refractivity contribution < 1.29 is 28.2 Å². The van der Waals surface area contributed by atoms with E-state index in [4.69, 9.17) is 9.90 Å². The fraction of sp³-hybridized carbons (Fsp3) is 0. The molecular formula is CHO2Rh. The minimum absolute atomic E-state index is 0.943. The molecule has 0 radical (unpaired) electrons. The Kier molecular flexibility index (Phi) is 1.45. The zero-order valence-corrected chi connectivity index (χ0v) is 3.33.